The lowest BCUT2D eigenvalue weighted by molar-refractivity contribution is -0.111. The minimum atomic E-state index is -4.00. The molecule has 132 valence electrons. The Hall–Kier alpha value is -2.06. The molecule has 0 spiro atoms. The summed E-state index contributed by atoms with van der Waals surface area (Å²) in [5.74, 6) is -0.416. The smallest absolute Gasteiger partial charge is 0.248 e. The molecule has 1 amide bonds. The van der Waals surface area contributed by atoms with Crippen molar-refractivity contribution in [2.24, 2.45) is 5.14 Å². The molecule has 0 atom stereocenters. The van der Waals surface area contributed by atoms with Gasteiger partial charge < -0.3 is 10.1 Å². The van der Waals surface area contributed by atoms with Crippen LogP contribution in [0.5, 0.6) is 5.75 Å². The molecule has 2 rings (SSSR count). The van der Waals surface area contributed by atoms with Gasteiger partial charge in [-0.05, 0) is 36.4 Å². The standard InChI is InChI=1S/C16H14Cl2N2O4S/c1-24-14-7-5-10(9-15(14)25(19,22)23)20-16(21)8-6-11-12(17)3-2-4-13(11)18/h2-9H,1H3,(H,20,21)(H2,19,22,23)/b8-6+. The van der Waals surface area contributed by atoms with E-state index in [1.807, 2.05) is 0 Å². The number of carbonyl (C=O) groups is 1. The molecule has 2 aromatic rings. The summed E-state index contributed by atoms with van der Waals surface area (Å²) >= 11 is 12.0. The molecule has 0 aliphatic heterocycles. The van der Waals surface area contributed by atoms with Crippen LogP contribution >= 0.6 is 23.2 Å². The Kier molecular flexibility index (Phi) is 6.07. The summed E-state index contributed by atoms with van der Waals surface area (Å²) in [7, 11) is -2.68. The van der Waals surface area contributed by atoms with Gasteiger partial charge in [-0.25, -0.2) is 13.6 Å². The SMILES string of the molecule is COc1ccc(NC(=O)/C=C/c2c(Cl)cccc2Cl)cc1S(N)(=O)=O. The molecule has 3 N–H and O–H groups in total. The maximum absolute atomic E-state index is 12.0. The number of sulfonamides is 1. The largest absolute Gasteiger partial charge is 0.495 e. The van der Waals surface area contributed by atoms with Crippen molar-refractivity contribution < 1.29 is 17.9 Å². The third-order valence-corrected chi connectivity index (χ3v) is 4.73. The molecule has 0 radical (unpaired) electrons. The first-order valence-electron chi connectivity index (χ1n) is 6.86. The van der Waals surface area contributed by atoms with Gasteiger partial charge >= 0.3 is 0 Å². The number of amides is 1. The Morgan fingerprint density at radius 1 is 1.20 bits per heavy atom. The van der Waals surface area contributed by atoms with E-state index >= 15 is 0 Å². The van der Waals surface area contributed by atoms with Crippen LogP contribution in [-0.4, -0.2) is 21.4 Å². The highest BCUT2D eigenvalue weighted by molar-refractivity contribution is 7.89. The number of nitrogens with one attached hydrogen (secondary N) is 1. The number of methoxy groups -OCH3 is 1. The number of hydrogen-bond acceptors (Lipinski definition) is 4. The van der Waals surface area contributed by atoms with Gasteiger partial charge in [-0.1, -0.05) is 29.3 Å². The first-order chi connectivity index (χ1) is 11.7. The van der Waals surface area contributed by atoms with E-state index < -0.39 is 15.9 Å². The van der Waals surface area contributed by atoms with Gasteiger partial charge in [0.25, 0.3) is 0 Å². The second-order valence-corrected chi connectivity index (χ2v) is 7.21. The zero-order valence-corrected chi connectivity index (χ0v) is 15.3. The number of benzene rings is 2. The van der Waals surface area contributed by atoms with Crippen LogP contribution in [0, 0.1) is 0 Å². The lowest BCUT2D eigenvalue weighted by atomic mass is 10.2. The summed E-state index contributed by atoms with van der Waals surface area (Å²) in [6.07, 6.45) is 2.69. The minimum absolute atomic E-state index is 0.0823. The number of ether oxygens (including phenoxy) is 1. The lowest BCUT2D eigenvalue weighted by Gasteiger charge is -2.09. The molecule has 0 heterocycles. The van der Waals surface area contributed by atoms with Crippen molar-refractivity contribution in [1.82, 2.24) is 0 Å². The van der Waals surface area contributed by atoms with Crippen molar-refractivity contribution in [3.8, 4) is 5.75 Å². The van der Waals surface area contributed by atoms with E-state index in [0.717, 1.165) is 0 Å². The minimum Gasteiger partial charge on any atom is -0.495 e. The van der Waals surface area contributed by atoms with Gasteiger partial charge in [0.1, 0.15) is 10.6 Å². The van der Waals surface area contributed by atoms with Crippen molar-refractivity contribution in [1.29, 1.82) is 0 Å². The summed E-state index contributed by atoms with van der Waals surface area (Å²) < 4.78 is 28.1. The molecule has 6 nitrogen and oxygen atoms in total. The van der Waals surface area contributed by atoms with Crippen molar-refractivity contribution in [2.45, 2.75) is 4.90 Å². The van der Waals surface area contributed by atoms with Crippen LogP contribution in [0.15, 0.2) is 47.4 Å². The maximum atomic E-state index is 12.0. The number of hydrogen-bond donors (Lipinski definition) is 2. The van der Waals surface area contributed by atoms with Crippen molar-refractivity contribution in [2.75, 3.05) is 12.4 Å². The first kappa shape index (κ1) is 19.3. The van der Waals surface area contributed by atoms with Crippen LogP contribution in [0.4, 0.5) is 5.69 Å². The monoisotopic (exact) mass is 400 g/mol. The summed E-state index contributed by atoms with van der Waals surface area (Å²) in [6, 6.07) is 9.07. The van der Waals surface area contributed by atoms with Crippen molar-refractivity contribution in [3.05, 3.63) is 58.1 Å². The molecule has 25 heavy (non-hydrogen) atoms. The van der Waals surface area contributed by atoms with Gasteiger partial charge in [0.15, 0.2) is 0 Å². The highest BCUT2D eigenvalue weighted by atomic mass is 35.5. The van der Waals surface area contributed by atoms with Crippen LogP contribution in [0.3, 0.4) is 0 Å². The second-order valence-electron chi connectivity index (χ2n) is 4.87. The van der Waals surface area contributed by atoms with E-state index in [9.17, 15) is 13.2 Å². The molecule has 0 aliphatic carbocycles. The normalized spacial score (nSPS) is 11.5. The predicted molar refractivity (Wildman–Crippen MR) is 98.5 cm³/mol. The van der Waals surface area contributed by atoms with Crippen LogP contribution in [0.1, 0.15) is 5.56 Å². The number of nitrogens with two attached hydrogens (primary N) is 1. The number of halogens is 2. The quantitative estimate of drug-likeness (QED) is 0.751. The Labute approximate surface area is 155 Å². The molecule has 0 saturated carbocycles. The molecule has 0 aromatic heterocycles. The Morgan fingerprint density at radius 2 is 1.84 bits per heavy atom. The second kappa shape index (κ2) is 7.88. The van der Waals surface area contributed by atoms with Gasteiger partial charge in [0.2, 0.25) is 15.9 Å². The predicted octanol–water partition coefficient (Wildman–Crippen LogP) is 3.30. The van der Waals surface area contributed by atoms with Gasteiger partial charge in [0, 0.05) is 27.4 Å². The molecule has 0 saturated heterocycles. The number of primary sulfonamides is 1. The maximum Gasteiger partial charge on any atom is 0.248 e. The molecule has 0 unspecified atom stereocenters. The fraction of sp³-hybridized carbons (Fsp3) is 0.0625. The van der Waals surface area contributed by atoms with E-state index in [0.29, 0.717) is 15.6 Å². The topological polar surface area (TPSA) is 98.5 Å². The summed E-state index contributed by atoms with van der Waals surface area (Å²) in [5.41, 5.74) is 0.741. The van der Waals surface area contributed by atoms with Crippen LogP contribution in [0.2, 0.25) is 10.0 Å². The van der Waals surface area contributed by atoms with Crippen molar-refractivity contribution >= 4 is 50.9 Å². The fourth-order valence-corrected chi connectivity index (χ4v) is 3.24. The summed E-state index contributed by atoms with van der Waals surface area (Å²) in [4.78, 5) is 11.8. The van der Waals surface area contributed by atoms with Gasteiger partial charge in [0.05, 0.1) is 7.11 Å². The highest BCUT2D eigenvalue weighted by Crippen LogP contribution is 2.27. The van der Waals surface area contributed by atoms with Crippen molar-refractivity contribution in [3.63, 3.8) is 0 Å². The molecule has 9 heteroatoms. The Balaban J connectivity index is 2.22. The van der Waals surface area contributed by atoms with Gasteiger partial charge in [-0.15, -0.1) is 0 Å². The van der Waals surface area contributed by atoms with E-state index in [2.05, 4.69) is 5.32 Å². The fourth-order valence-electron chi connectivity index (χ4n) is 1.99. The number of carbonyl (C=O) groups excluding carboxylic acids is 1. The zero-order chi connectivity index (χ0) is 18.6. The highest BCUT2D eigenvalue weighted by Gasteiger charge is 2.16. The van der Waals surface area contributed by atoms with Crippen LogP contribution in [-0.2, 0) is 14.8 Å². The zero-order valence-electron chi connectivity index (χ0n) is 13.0. The molecule has 2 aromatic carbocycles. The molecular formula is C16H14Cl2N2O4S. The number of rotatable bonds is 5. The van der Waals surface area contributed by atoms with Crippen LogP contribution in [0.25, 0.3) is 6.08 Å². The average molecular weight is 401 g/mol. The third kappa shape index (κ3) is 4.96. The van der Waals surface area contributed by atoms with Crippen LogP contribution < -0.4 is 15.2 Å². The van der Waals surface area contributed by atoms with E-state index in [1.54, 1.807) is 18.2 Å². The molecule has 0 bridgehead atoms. The molecule has 0 aliphatic rings. The average Bonchev–Trinajstić information content (AvgIpc) is 2.53. The Morgan fingerprint density at radius 3 is 2.40 bits per heavy atom. The lowest BCUT2D eigenvalue weighted by Crippen LogP contribution is -2.15. The summed E-state index contributed by atoms with van der Waals surface area (Å²) in [5, 5.41) is 8.47. The number of anilines is 1. The van der Waals surface area contributed by atoms with E-state index in [1.165, 1.54) is 37.5 Å². The summed E-state index contributed by atoms with van der Waals surface area (Å²) in [6.45, 7) is 0. The first-order valence-corrected chi connectivity index (χ1v) is 9.16. The Bertz CT molecular complexity index is 923. The third-order valence-electron chi connectivity index (χ3n) is 3.14. The molecule has 0 fully saturated rings. The molecular weight excluding hydrogens is 387 g/mol. The van der Waals surface area contributed by atoms with E-state index in [-0.39, 0.29) is 16.3 Å². The van der Waals surface area contributed by atoms with Gasteiger partial charge in [-0.3, -0.25) is 4.79 Å². The van der Waals surface area contributed by atoms with E-state index in [4.69, 9.17) is 33.1 Å². The van der Waals surface area contributed by atoms with Gasteiger partial charge in [-0.2, -0.15) is 0 Å².